The third-order valence-corrected chi connectivity index (χ3v) is 13.5. The Morgan fingerprint density at radius 2 is 0.757 bits per heavy atom. The number of nitrogens with two attached hydrogens (primary N) is 2. The molecule has 0 saturated heterocycles. The fourth-order valence-electron chi connectivity index (χ4n) is 7.15. The summed E-state index contributed by atoms with van der Waals surface area (Å²) in [4.78, 5) is 30.8. The van der Waals surface area contributed by atoms with Crippen molar-refractivity contribution < 1.29 is 40.6 Å². The largest absolute Gasteiger partial charge is 0.545 e. The van der Waals surface area contributed by atoms with Gasteiger partial charge < -0.3 is 40.6 Å². The van der Waals surface area contributed by atoms with Crippen LogP contribution in [0.3, 0.4) is 0 Å². The van der Waals surface area contributed by atoms with Crippen LogP contribution in [0.25, 0.3) is 0 Å². The number of rotatable bonds is 20. The molecule has 2 aromatic heterocycles. The molecule has 0 fully saturated rings. The summed E-state index contributed by atoms with van der Waals surface area (Å²) >= 11 is 2.72. The van der Waals surface area contributed by atoms with E-state index in [2.05, 4.69) is 131 Å². The van der Waals surface area contributed by atoms with Crippen LogP contribution in [-0.2, 0) is 33.2 Å². The molecule has 0 atom stereocenters. The molecular weight excluding hydrogens is 913 g/mol. The van der Waals surface area contributed by atoms with Crippen LogP contribution < -0.4 is 20.8 Å². The second kappa shape index (κ2) is 31.4. The van der Waals surface area contributed by atoms with E-state index in [4.69, 9.17) is 0 Å². The number of unbranched alkanes of at least 4 members (excludes halogenated alkanes) is 4. The zero-order valence-electron chi connectivity index (χ0n) is 46.1. The van der Waals surface area contributed by atoms with Crippen molar-refractivity contribution in [3.05, 3.63) is 105 Å². The van der Waals surface area contributed by atoms with Gasteiger partial charge in [0.05, 0.1) is 38.1 Å². The predicted molar refractivity (Wildman–Crippen MR) is 290 cm³/mol. The molecule has 4 aromatic rings. The maximum absolute atomic E-state index is 11.3. The summed E-state index contributed by atoms with van der Waals surface area (Å²) in [5.41, 5.74) is 5.00. The molecule has 2 aromatic carbocycles. The molecule has 0 spiro atoms. The van der Waals surface area contributed by atoms with Crippen LogP contribution in [0.1, 0.15) is 216 Å². The van der Waals surface area contributed by atoms with Crippen molar-refractivity contribution in [3.63, 3.8) is 0 Å². The van der Waals surface area contributed by atoms with E-state index in [9.17, 15) is 30.0 Å². The Bertz CT molecular complexity index is 1930. The van der Waals surface area contributed by atoms with E-state index < -0.39 is 11.9 Å². The van der Waals surface area contributed by atoms with Crippen molar-refractivity contribution in [2.45, 2.75) is 205 Å². The van der Waals surface area contributed by atoms with Crippen LogP contribution in [0.4, 0.5) is 0 Å². The van der Waals surface area contributed by atoms with E-state index in [1.807, 2.05) is 24.3 Å². The summed E-state index contributed by atoms with van der Waals surface area (Å²) in [6.07, 6.45) is 14.0. The summed E-state index contributed by atoms with van der Waals surface area (Å²) in [5.74, 6) is -0.652. The molecule has 0 aliphatic carbocycles. The molecule has 0 aliphatic heterocycles. The number of benzene rings is 2. The monoisotopic (exact) mass is 1000 g/mol. The third kappa shape index (κ3) is 23.4. The molecular formula is C58H92N4O6S2. The Labute approximate surface area is 432 Å². The Kier molecular flexibility index (Phi) is 28.6. The molecule has 392 valence electrons. The van der Waals surface area contributed by atoms with Crippen molar-refractivity contribution in [1.82, 2.24) is 9.97 Å². The topological polar surface area (TPSA) is 180 Å². The van der Waals surface area contributed by atoms with E-state index in [0.717, 1.165) is 33.4 Å². The summed E-state index contributed by atoms with van der Waals surface area (Å²) in [7, 11) is 0. The lowest BCUT2D eigenvalue weighted by Gasteiger charge is -2.28. The number of carboxylic acid groups (broad SMARTS) is 2. The number of carbonyl (C=O) groups is 2. The van der Waals surface area contributed by atoms with Crippen LogP contribution in [0.5, 0.6) is 11.5 Å². The van der Waals surface area contributed by atoms with Crippen LogP contribution in [0.2, 0.25) is 0 Å². The fourth-order valence-corrected chi connectivity index (χ4v) is 8.97. The quantitative estimate of drug-likeness (QED) is 0.0492. The zero-order chi connectivity index (χ0) is 53.3. The first kappa shape index (κ1) is 63.9. The Morgan fingerprint density at radius 1 is 0.500 bits per heavy atom. The highest BCUT2D eigenvalue weighted by atomic mass is 32.2. The van der Waals surface area contributed by atoms with E-state index >= 15 is 0 Å². The molecule has 0 bridgehead atoms. The Balaban J connectivity index is 0.000000521. The number of quaternary nitrogens is 2. The predicted octanol–water partition coefficient (Wildman–Crippen LogP) is 10.4. The lowest BCUT2D eigenvalue weighted by Crippen LogP contribution is -2.84. The van der Waals surface area contributed by atoms with Gasteiger partial charge in [-0.25, -0.2) is 9.97 Å². The number of hydrogen-bond acceptors (Lipinski definition) is 10. The molecule has 0 saturated carbocycles. The second-order valence-corrected chi connectivity index (χ2v) is 24.0. The first-order valence-electron chi connectivity index (χ1n) is 25.6. The maximum atomic E-state index is 11.3. The standard InChI is InChI=1S/2C21H27NO3S.2C8H19N/c2*1-20(2,3)15-10-13(11-16(17(15)23)21(4,5)6)12-26-18-14(19(24)25)8-7-9-22-18;2*1-3-5-7-9-8-6-4-2/h2*7-11,23H,12H2,1-6H3,(H,24,25);2*9H,3-8H2,1-2H3. The summed E-state index contributed by atoms with van der Waals surface area (Å²) in [5, 5.41) is 49.8. The molecule has 6 N–H and O–H groups in total. The smallest absolute Gasteiger partial charge is 0.123 e. The minimum absolute atomic E-state index is 0.100. The molecule has 0 aliphatic rings. The normalized spacial score (nSPS) is 11.7. The van der Waals surface area contributed by atoms with Gasteiger partial charge in [-0.05, 0) is 105 Å². The SMILES string of the molecule is CC(C)(C)c1cc(CSc2ncccc2C(=O)[O-])cc(C(C)(C)C)c1O.CC(C)(C)c1cc(CSc2ncccc2C(=O)[O-])cc(C(C)(C)C)c1O.CCCC[NH2+]CCCC.CCCC[NH2+]CCCC. The first-order valence-corrected chi connectivity index (χ1v) is 27.6. The minimum Gasteiger partial charge on any atom is -0.545 e. The molecule has 70 heavy (non-hydrogen) atoms. The maximum Gasteiger partial charge on any atom is 0.123 e. The lowest BCUT2D eigenvalue weighted by atomic mass is 9.78. The van der Waals surface area contributed by atoms with Gasteiger partial charge >= 0.3 is 0 Å². The number of pyridine rings is 2. The first-order chi connectivity index (χ1) is 32.6. The van der Waals surface area contributed by atoms with Crippen LogP contribution in [0.15, 0.2) is 71.0 Å². The summed E-state index contributed by atoms with van der Waals surface area (Å²) < 4.78 is 0. The van der Waals surface area contributed by atoms with Crippen molar-refractivity contribution in [3.8, 4) is 11.5 Å². The molecule has 10 nitrogen and oxygen atoms in total. The van der Waals surface area contributed by atoms with Gasteiger partial charge in [-0.3, -0.25) is 0 Å². The number of aromatic carboxylic acids is 2. The number of phenols is 2. The van der Waals surface area contributed by atoms with E-state index in [1.54, 1.807) is 24.5 Å². The number of carboxylic acids is 2. The number of carbonyl (C=O) groups excluding carboxylic acids is 2. The minimum atomic E-state index is -1.22. The van der Waals surface area contributed by atoms with Crippen molar-refractivity contribution in [2.24, 2.45) is 0 Å². The van der Waals surface area contributed by atoms with Gasteiger partial charge in [0.2, 0.25) is 0 Å². The Morgan fingerprint density at radius 3 is 0.971 bits per heavy atom. The van der Waals surface area contributed by atoms with E-state index in [0.29, 0.717) is 33.1 Å². The summed E-state index contributed by atoms with van der Waals surface area (Å²) in [6, 6.07) is 14.2. The average molecular weight is 1010 g/mol. The number of aromatic nitrogens is 2. The van der Waals surface area contributed by atoms with Gasteiger partial charge in [0.25, 0.3) is 0 Å². The number of aromatic hydroxyl groups is 2. The van der Waals surface area contributed by atoms with Gasteiger partial charge in [-0.1, -0.05) is 161 Å². The number of phenolic OH excluding ortho intramolecular Hbond substituents is 2. The molecule has 0 unspecified atom stereocenters. The van der Waals surface area contributed by atoms with Crippen LogP contribution >= 0.6 is 23.5 Å². The van der Waals surface area contributed by atoms with Gasteiger partial charge in [0, 0.05) is 35.0 Å². The highest BCUT2D eigenvalue weighted by Gasteiger charge is 2.28. The molecule has 12 heteroatoms. The van der Waals surface area contributed by atoms with Crippen molar-refractivity contribution >= 4 is 35.5 Å². The highest BCUT2D eigenvalue weighted by molar-refractivity contribution is 7.98. The molecule has 2 heterocycles. The van der Waals surface area contributed by atoms with E-state index in [1.165, 1.54) is 113 Å². The molecule has 0 radical (unpaired) electrons. The number of nitrogens with zero attached hydrogens (tertiary/aromatic N) is 2. The highest BCUT2D eigenvalue weighted by Crippen LogP contribution is 2.42. The van der Waals surface area contributed by atoms with Gasteiger partial charge in [-0.2, -0.15) is 0 Å². The van der Waals surface area contributed by atoms with Gasteiger partial charge in [0.15, 0.2) is 0 Å². The van der Waals surface area contributed by atoms with Gasteiger partial charge in [-0.15, -0.1) is 23.5 Å². The van der Waals surface area contributed by atoms with Crippen molar-refractivity contribution in [2.75, 3.05) is 26.2 Å². The molecule has 0 amide bonds. The van der Waals surface area contributed by atoms with Gasteiger partial charge in [0.1, 0.15) is 21.6 Å². The number of thioether (sulfide) groups is 2. The summed E-state index contributed by atoms with van der Waals surface area (Å²) in [6.45, 7) is 39.1. The van der Waals surface area contributed by atoms with Crippen molar-refractivity contribution in [1.29, 1.82) is 0 Å². The third-order valence-electron chi connectivity index (χ3n) is 11.4. The zero-order valence-corrected chi connectivity index (χ0v) is 47.7. The van der Waals surface area contributed by atoms with E-state index in [-0.39, 0.29) is 32.8 Å². The molecule has 4 rings (SSSR count). The average Bonchev–Trinajstić information content (AvgIpc) is 3.27. The fraction of sp³-hybridized carbons (Fsp3) is 0.586. The van der Waals surface area contributed by atoms with Crippen LogP contribution in [-0.4, -0.2) is 58.3 Å². The Hall–Kier alpha value is -4.10. The van der Waals surface area contributed by atoms with Crippen LogP contribution in [0, 0.1) is 0 Å². The lowest BCUT2D eigenvalue weighted by molar-refractivity contribution is -0.655. The second-order valence-electron chi connectivity index (χ2n) is 22.1. The number of hydrogen-bond donors (Lipinski definition) is 4.